The molecular weight excluding hydrogens is 329 g/mol. The first-order valence-electron chi connectivity index (χ1n) is 5.66. The summed E-state index contributed by atoms with van der Waals surface area (Å²) in [7, 11) is 0. The molecular formula is C13H11BrFN3O2. The highest BCUT2D eigenvalue weighted by atomic mass is 79.9. The van der Waals surface area contributed by atoms with Crippen LogP contribution in [0.5, 0.6) is 0 Å². The maximum Gasteiger partial charge on any atom is 0.244 e. The summed E-state index contributed by atoms with van der Waals surface area (Å²) in [6, 6.07) is 5.58. The summed E-state index contributed by atoms with van der Waals surface area (Å²) in [4.78, 5) is 23.2. The van der Waals surface area contributed by atoms with Crippen molar-refractivity contribution in [3.8, 4) is 0 Å². The normalized spacial score (nSPS) is 10.3. The van der Waals surface area contributed by atoms with Crippen molar-refractivity contribution in [3.63, 3.8) is 0 Å². The van der Waals surface area contributed by atoms with Crippen LogP contribution in [0.1, 0.15) is 0 Å². The summed E-state index contributed by atoms with van der Waals surface area (Å²) in [6.07, 6.45) is 2.84. The Morgan fingerprint density at radius 1 is 1.40 bits per heavy atom. The van der Waals surface area contributed by atoms with Gasteiger partial charge in [0.1, 0.15) is 12.4 Å². The number of nitrogens with one attached hydrogen (secondary N) is 1. The first-order valence-corrected chi connectivity index (χ1v) is 6.45. The lowest BCUT2D eigenvalue weighted by molar-refractivity contribution is -0.116. The minimum Gasteiger partial charge on any atom is -0.394 e. The number of benzene rings is 1. The van der Waals surface area contributed by atoms with E-state index in [-0.39, 0.29) is 28.0 Å². The molecule has 0 aliphatic carbocycles. The van der Waals surface area contributed by atoms with E-state index < -0.39 is 5.82 Å². The molecule has 0 saturated heterocycles. The van der Waals surface area contributed by atoms with Gasteiger partial charge in [-0.2, -0.15) is 0 Å². The number of aromatic nitrogens is 1. The molecule has 1 heterocycles. The van der Waals surface area contributed by atoms with Gasteiger partial charge in [0.15, 0.2) is 0 Å². The van der Waals surface area contributed by atoms with Gasteiger partial charge in [-0.05, 0) is 34.1 Å². The molecule has 2 aromatic rings. The van der Waals surface area contributed by atoms with Crippen LogP contribution in [0.4, 0.5) is 15.8 Å². The molecule has 2 rings (SSSR count). The lowest BCUT2D eigenvalue weighted by atomic mass is 10.3. The molecule has 0 bridgehead atoms. The number of hydrogen-bond donors (Lipinski definition) is 2. The topological polar surface area (TPSA) is 77.1 Å². The second-order valence-electron chi connectivity index (χ2n) is 4.12. The van der Waals surface area contributed by atoms with Crippen LogP contribution >= 0.6 is 15.9 Å². The number of carbonyl (C=O) groups is 1. The van der Waals surface area contributed by atoms with Gasteiger partial charge >= 0.3 is 0 Å². The lowest BCUT2D eigenvalue weighted by Gasteiger charge is -2.09. The largest absolute Gasteiger partial charge is 0.394 e. The van der Waals surface area contributed by atoms with Gasteiger partial charge in [0.05, 0.1) is 10.2 Å². The molecule has 0 spiro atoms. The van der Waals surface area contributed by atoms with E-state index in [4.69, 9.17) is 5.73 Å². The number of anilines is 2. The number of rotatable bonds is 3. The number of carbonyl (C=O) groups excluding carboxylic acids is 1. The molecule has 1 amide bonds. The third-order valence-corrected chi connectivity index (χ3v) is 3.06. The van der Waals surface area contributed by atoms with Gasteiger partial charge in [-0.1, -0.05) is 6.07 Å². The Morgan fingerprint density at radius 2 is 2.15 bits per heavy atom. The molecule has 0 radical (unpaired) electrons. The Labute approximate surface area is 122 Å². The second-order valence-corrected chi connectivity index (χ2v) is 4.98. The van der Waals surface area contributed by atoms with E-state index in [1.807, 2.05) is 0 Å². The zero-order valence-corrected chi connectivity index (χ0v) is 11.9. The molecule has 0 unspecified atom stereocenters. The summed E-state index contributed by atoms with van der Waals surface area (Å²) < 4.78 is 14.7. The summed E-state index contributed by atoms with van der Waals surface area (Å²) in [6.45, 7) is -0.0421. The summed E-state index contributed by atoms with van der Waals surface area (Å²) in [5.74, 6) is -0.788. The maximum absolute atomic E-state index is 13.0. The number of nitrogens with two attached hydrogens (primary N) is 1. The van der Waals surface area contributed by atoms with Gasteiger partial charge in [0.2, 0.25) is 11.3 Å². The fourth-order valence-electron chi connectivity index (χ4n) is 1.64. The quantitative estimate of drug-likeness (QED) is 0.897. The predicted octanol–water partition coefficient (Wildman–Crippen LogP) is 1.97. The molecule has 7 heteroatoms. The van der Waals surface area contributed by atoms with Crippen molar-refractivity contribution in [2.45, 2.75) is 6.54 Å². The van der Waals surface area contributed by atoms with Crippen molar-refractivity contribution in [1.29, 1.82) is 0 Å². The van der Waals surface area contributed by atoms with Gasteiger partial charge in [-0.15, -0.1) is 0 Å². The van der Waals surface area contributed by atoms with Crippen LogP contribution in [-0.2, 0) is 11.3 Å². The fraction of sp³-hybridized carbons (Fsp3) is 0.0769. The van der Waals surface area contributed by atoms with Gasteiger partial charge in [-0.3, -0.25) is 9.59 Å². The lowest BCUT2D eigenvalue weighted by Crippen LogP contribution is -2.21. The van der Waals surface area contributed by atoms with Crippen LogP contribution in [0.15, 0.2) is 45.9 Å². The summed E-state index contributed by atoms with van der Waals surface area (Å²) >= 11 is 3.07. The van der Waals surface area contributed by atoms with Crippen LogP contribution in [0, 0.1) is 5.82 Å². The highest BCUT2D eigenvalue weighted by Gasteiger charge is 2.07. The van der Waals surface area contributed by atoms with Crippen LogP contribution in [0.2, 0.25) is 0 Å². The molecule has 0 saturated carbocycles. The van der Waals surface area contributed by atoms with Crippen molar-refractivity contribution in [2.24, 2.45) is 0 Å². The fourth-order valence-corrected chi connectivity index (χ4v) is 2.13. The monoisotopic (exact) mass is 339 g/mol. The molecule has 0 atom stereocenters. The highest BCUT2D eigenvalue weighted by molar-refractivity contribution is 9.10. The zero-order chi connectivity index (χ0) is 14.7. The Kier molecular flexibility index (Phi) is 4.19. The molecule has 5 nitrogen and oxygen atoms in total. The van der Waals surface area contributed by atoms with Crippen LogP contribution < -0.4 is 16.5 Å². The van der Waals surface area contributed by atoms with Crippen LogP contribution in [0.3, 0.4) is 0 Å². The maximum atomic E-state index is 13.0. The van der Waals surface area contributed by atoms with Gasteiger partial charge in [0, 0.05) is 18.1 Å². The van der Waals surface area contributed by atoms with E-state index in [2.05, 4.69) is 21.2 Å². The molecule has 20 heavy (non-hydrogen) atoms. The summed E-state index contributed by atoms with van der Waals surface area (Å²) in [5.41, 5.74) is 5.60. The Hall–Kier alpha value is -2.15. The minimum absolute atomic E-state index is 0.0398. The van der Waals surface area contributed by atoms with Gasteiger partial charge < -0.3 is 15.6 Å². The molecule has 104 valence electrons. The zero-order valence-electron chi connectivity index (χ0n) is 10.3. The van der Waals surface area contributed by atoms with Crippen molar-refractivity contribution in [1.82, 2.24) is 4.57 Å². The highest BCUT2D eigenvalue weighted by Crippen LogP contribution is 2.10. The van der Waals surface area contributed by atoms with E-state index in [1.54, 1.807) is 6.07 Å². The van der Waals surface area contributed by atoms with E-state index in [0.29, 0.717) is 5.69 Å². The molecule has 0 fully saturated rings. The van der Waals surface area contributed by atoms with Crippen molar-refractivity contribution in [3.05, 3.63) is 57.2 Å². The van der Waals surface area contributed by atoms with Crippen molar-refractivity contribution < 1.29 is 9.18 Å². The number of nitrogens with zero attached hydrogens (tertiary/aromatic N) is 1. The predicted molar refractivity (Wildman–Crippen MR) is 77.8 cm³/mol. The first kappa shape index (κ1) is 14.3. The Morgan fingerprint density at radius 3 is 2.80 bits per heavy atom. The Bertz CT molecular complexity index is 689. The third kappa shape index (κ3) is 3.45. The van der Waals surface area contributed by atoms with E-state index in [9.17, 15) is 14.0 Å². The SMILES string of the molecule is Nc1cn(CC(=O)Nc2cccc(F)c2)cc(Br)c1=O. The standard InChI is InChI=1S/C13H11BrFN3O2/c14-10-5-18(6-11(16)13(10)20)7-12(19)17-9-3-1-2-8(15)4-9/h1-6H,7,16H2,(H,17,19). The molecule has 0 aliphatic rings. The van der Waals surface area contributed by atoms with E-state index >= 15 is 0 Å². The molecule has 0 aliphatic heterocycles. The molecule has 3 N–H and O–H groups in total. The Balaban J connectivity index is 2.10. The molecule has 1 aromatic carbocycles. The first-order chi connectivity index (χ1) is 9.45. The van der Waals surface area contributed by atoms with E-state index in [1.165, 1.54) is 35.2 Å². The second kappa shape index (κ2) is 5.87. The average molecular weight is 340 g/mol. The number of hydrogen-bond acceptors (Lipinski definition) is 3. The van der Waals surface area contributed by atoms with Crippen molar-refractivity contribution >= 4 is 33.2 Å². The number of pyridine rings is 1. The summed E-state index contributed by atoms with van der Waals surface area (Å²) in [5, 5.41) is 2.55. The third-order valence-electron chi connectivity index (χ3n) is 2.50. The molecule has 1 aromatic heterocycles. The van der Waals surface area contributed by atoms with Gasteiger partial charge in [0.25, 0.3) is 0 Å². The minimum atomic E-state index is -0.432. The number of halogens is 2. The average Bonchev–Trinajstić information content (AvgIpc) is 2.35. The van der Waals surface area contributed by atoms with Crippen molar-refractivity contribution in [2.75, 3.05) is 11.1 Å². The van der Waals surface area contributed by atoms with E-state index in [0.717, 1.165) is 0 Å². The number of amides is 1. The van der Waals surface area contributed by atoms with Crippen LogP contribution in [0.25, 0.3) is 0 Å². The number of nitrogen functional groups attached to an aromatic ring is 1. The van der Waals surface area contributed by atoms with Crippen LogP contribution in [-0.4, -0.2) is 10.5 Å². The van der Waals surface area contributed by atoms with Gasteiger partial charge in [-0.25, -0.2) is 4.39 Å². The smallest absolute Gasteiger partial charge is 0.244 e.